The van der Waals surface area contributed by atoms with Crippen LogP contribution in [-0.4, -0.2) is 35.2 Å². The molecule has 1 amide bonds. The van der Waals surface area contributed by atoms with Crippen molar-refractivity contribution >= 4 is 17.7 Å². The van der Waals surface area contributed by atoms with E-state index >= 15 is 0 Å². The van der Waals surface area contributed by atoms with E-state index < -0.39 is 0 Å². The van der Waals surface area contributed by atoms with Crippen LogP contribution in [0, 0.1) is 11.3 Å². The Morgan fingerprint density at radius 2 is 2.20 bits per heavy atom. The fraction of sp³-hybridized carbons (Fsp3) is 0.316. The molecule has 1 aromatic heterocycles. The van der Waals surface area contributed by atoms with Crippen LogP contribution in [-0.2, 0) is 4.79 Å². The molecule has 1 fully saturated rings. The lowest BCUT2D eigenvalue weighted by molar-refractivity contribution is -0.129. The molecule has 2 heterocycles. The summed E-state index contributed by atoms with van der Waals surface area (Å²) in [4.78, 5) is 18.8. The van der Waals surface area contributed by atoms with Crippen LogP contribution < -0.4 is 4.74 Å². The van der Waals surface area contributed by atoms with Gasteiger partial charge in [-0.2, -0.15) is 5.26 Å². The maximum atomic E-state index is 12.7. The average Bonchev–Trinajstić information content (AvgIpc) is 3.16. The third kappa shape index (κ3) is 4.12. The minimum atomic E-state index is 0.104. The Labute approximate surface area is 151 Å². The Morgan fingerprint density at radius 1 is 1.40 bits per heavy atom. The van der Waals surface area contributed by atoms with E-state index in [1.807, 2.05) is 29.2 Å². The van der Waals surface area contributed by atoms with E-state index in [4.69, 9.17) is 10.00 Å². The molecule has 1 unspecified atom stereocenters. The molecule has 0 bridgehead atoms. The van der Waals surface area contributed by atoms with E-state index in [0.29, 0.717) is 16.3 Å². The third-order valence-corrected chi connectivity index (χ3v) is 5.19. The quantitative estimate of drug-likeness (QED) is 0.771. The number of thioether (sulfide) groups is 1. The van der Waals surface area contributed by atoms with Crippen LogP contribution in [0.4, 0.5) is 0 Å². The molecule has 1 saturated heterocycles. The Balaban J connectivity index is 1.65. The summed E-state index contributed by atoms with van der Waals surface area (Å²) in [5.41, 5.74) is 1.70. The largest absolute Gasteiger partial charge is 0.497 e. The molecule has 0 aliphatic carbocycles. The summed E-state index contributed by atoms with van der Waals surface area (Å²) in [6.45, 7) is 0.780. The number of nitriles is 1. The van der Waals surface area contributed by atoms with Gasteiger partial charge in [-0.15, -0.1) is 0 Å². The molecule has 1 atom stereocenters. The zero-order valence-corrected chi connectivity index (χ0v) is 14.8. The van der Waals surface area contributed by atoms with Crippen LogP contribution in [0.1, 0.15) is 30.0 Å². The second kappa shape index (κ2) is 8.04. The smallest absolute Gasteiger partial charge is 0.233 e. The first-order valence-corrected chi connectivity index (χ1v) is 9.12. The van der Waals surface area contributed by atoms with Crippen molar-refractivity contribution in [2.24, 2.45) is 0 Å². The van der Waals surface area contributed by atoms with E-state index in [2.05, 4.69) is 11.1 Å². The van der Waals surface area contributed by atoms with Crippen LogP contribution in [0.2, 0.25) is 0 Å². The standard InChI is InChI=1S/C19H19N3O2S/c1-24-16-6-4-15(5-7-16)17-3-2-10-22(17)19(23)13-25-18-11-14(12-20)8-9-21-18/h4-9,11,17H,2-3,10,13H2,1H3. The third-order valence-electron chi connectivity index (χ3n) is 4.28. The molecule has 3 rings (SSSR count). The zero-order chi connectivity index (χ0) is 17.6. The van der Waals surface area contributed by atoms with Crippen LogP contribution in [0.15, 0.2) is 47.6 Å². The van der Waals surface area contributed by atoms with Crippen molar-refractivity contribution in [1.29, 1.82) is 5.26 Å². The molecule has 0 saturated carbocycles. The predicted molar refractivity (Wildman–Crippen MR) is 96.4 cm³/mol. The second-order valence-electron chi connectivity index (χ2n) is 5.80. The van der Waals surface area contributed by atoms with Crippen molar-refractivity contribution in [3.63, 3.8) is 0 Å². The van der Waals surface area contributed by atoms with Gasteiger partial charge >= 0.3 is 0 Å². The van der Waals surface area contributed by atoms with Gasteiger partial charge in [-0.1, -0.05) is 23.9 Å². The number of methoxy groups -OCH3 is 1. The number of ether oxygens (including phenoxy) is 1. The predicted octanol–water partition coefficient (Wildman–Crippen LogP) is 3.42. The highest BCUT2D eigenvalue weighted by molar-refractivity contribution is 7.99. The molecule has 1 aromatic carbocycles. The fourth-order valence-electron chi connectivity index (χ4n) is 3.01. The van der Waals surface area contributed by atoms with E-state index in [-0.39, 0.29) is 11.9 Å². The van der Waals surface area contributed by atoms with Crippen molar-refractivity contribution in [3.8, 4) is 11.8 Å². The number of pyridine rings is 1. The summed E-state index contributed by atoms with van der Waals surface area (Å²) in [6.07, 6.45) is 3.58. The van der Waals surface area contributed by atoms with Crippen molar-refractivity contribution in [3.05, 3.63) is 53.7 Å². The maximum Gasteiger partial charge on any atom is 0.233 e. The monoisotopic (exact) mass is 353 g/mol. The highest BCUT2D eigenvalue weighted by Gasteiger charge is 2.29. The summed E-state index contributed by atoms with van der Waals surface area (Å²) in [6, 6.07) is 13.5. The highest BCUT2D eigenvalue weighted by Crippen LogP contribution is 2.33. The van der Waals surface area contributed by atoms with E-state index in [1.54, 1.807) is 25.4 Å². The molecular formula is C19H19N3O2S. The minimum absolute atomic E-state index is 0.104. The number of rotatable bonds is 5. The first-order valence-electron chi connectivity index (χ1n) is 8.13. The van der Waals surface area contributed by atoms with Gasteiger partial charge in [0.15, 0.2) is 0 Å². The fourth-order valence-corrected chi connectivity index (χ4v) is 3.80. The molecule has 1 aliphatic heterocycles. The Morgan fingerprint density at radius 3 is 2.92 bits per heavy atom. The molecular weight excluding hydrogens is 334 g/mol. The van der Waals surface area contributed by atoms with E-state index in [0.717, 1.165) is 30.7 Å². The number of aromatic nitrogens is 1. The van der Waals surface area contributed by atoms with Gasteiger partial charge in [-0.05, 0) is 42.7 Å². The first-order chi connectivity index (χ1) is 12.2. The number of amides is 1. The van der Waals surface area contributed by atoms with Gasteiger partial charge in [-0.25, -0.2) is 4.98 Å². The molecule has 2 aromatic rings. The van der Waals surface area contributed by atoms with Crippen molar-refractivity contribution < 1.29 is 9.53 Å². The second-order valence-corrected chi connectivity index (χ2v) is 6.80. The number of carbonyl (C=O) groups excluding carboxylic acids is 1. The number of carbonyl (C=O) groups is 1. The minimum Gasteiger partial charge on any atom is -0.497 e. The normalized spacial score (nSPS) is 16.5. The zero-order valence-electron chi connectivity index (χ0n) is 14.0. The summed E-state index contributed by atoms with van der Waals surface area (Å²) >= 11 is 1.37. The van der Waals surface area contributed by atoms with Crippen molar-refractivity contribution in [1.82, 2.24) is 9.88 Å². The molecule has 0 spiro atoms. The van der Waals surface area contributed by atoms with Gasteiger partial charge in [-0.3, -0.25) is 4.79 Å². The topological polar surface area (TPSA) is 66.2 Å². The van der Waals surface area contributed by atoms with Gasteiger partial charge in [0.05, 0.1) is 35.6 Å². The Bertz CT molecular complexity index is 786. The van der Waals surface area contributed by atoms with E-state index in [1.165, 1.54) is 11.8 Å². The lowest BCUT2D eigenvalue weighted by Crippen LogP contribution is -2.31. The van der Waals surface area contributed by atoms with E-state index in [9.17, 15) is 4.79 Å². The van der Waals surface area contributed by atoms with Crippen molar-refractivity contribution in [2.75, 3.05) is 19.4 Å². The van der Waals surface area contributed by atoms with Gasteiger partial charge in [0.25, 0.3) is 0 Å². The van der Waals surface area contributed by atoms with Crippen molar-refractivity contribution in [2.45, 2.75) is 23.9 Å². The molecule has 1 aliphatic rings. The van der Waals surface area contributed by atoms with Gasteiger partial charge in [0, 0.05) is 12.7 Å². The Kier molecular flexibility index (Phi) is 5.56. The summed E-state index contributed by atoms with van der Waals surface area (Å²) in [7, 11) is 1.65. The van der Waals surface area contributed by atoms with Crippen LogP contribution in [0.3, 0.4) is 0 Å². The first kappa shape index (κ1) is 17.3. The molecule has 5 nitrogen and oxygen atoms in total. The van der Waals surface area contributed by atoms with Gasteiger partial charge in [0.1, 0.15) is 5.75 Å². The Hall–Kier alpha value is -2.52. The van der Waals surface area contributed by atoms with Crippen LogP contribution in [0.25, 0.3) is 0 Å². The number of likely N-dealkylation sites (tertiary alicyclic amines) is 1. The van der Waals surface area contributed by atoms with Gasteiger partial charge in [0.2, 0.25) is 5.91 Å². The number of nitrogens with zero attached hydrogens (tertiary/aromatic N) is 3. The SMILES string of the molecule is COc1ccc(C2CCCN2C(=O)CSc2cc(C#N)ccn2)cc1. The molecule has 128 valence electrons. The molecule has 6 heteroatoms. The van der Waals surface area contributed by atoms with Gasteiger partial charge < -0.3 is 9.64 Å². The highest BCUT2D eigenvalue weighted by atomic mass is 32.2. The molecule has 0 N–H and O–H groups in total. The molecule has 25 heavy (non-hydrogen) atoms. The molecule has 0 radical (unpaired) electrons. The van der Waals surface area contributed by atoms with Crippen LogP contribution >= 0.6 is 11.8 Å². The maximum absolute atomic E-state index is 12.7. The summed E-state index contributed by atoms with van der Waals surface area (Å²) in [5.74, 6) is 1.25. The number of benzene rings is 1. The van der Waals surface area contributed by atoms with Crippen LogP contribution in [0.5, 0.6) is 5.75 Å². The lowest BCUT2D eigenvalue weighted by atomic mass is 10.0. The lowest BCUT2D eigenvalue weighted by Gasteiger charge is -2.25. The average molecular weight is 353 g/mol. The number of hydrogen-bond acceptors (Lipinski definition) is 5. The summed E-state index contributed by atoms with van der Waals surface area (Å²) in [5, 5.41) is 9.64. The number of hydrogen-bond donors (Lipinski definition) is 0. The summed E-state index contributed by atoms with van der Waals surface area (Å²) < 4.78 is 5.20.